The van der Waals surface area contributed by atoms with Crippen LogP contribution in [-0.2, 0) is 6.54 Å². The fourth-order valence-corrected chi connectivity index (χ4v) is 2.55. The van der Waals surface area contributed by atoms with E-state index in [2.05, 4.69) is 68.0 Å². The second-order valence-corrected chi connectivity index (χ2v) is 6.47. The Labute approximate surface area is 138 Å². The van der Waals surface area contributed by atoms with Gasteiger partial charge in [-0.1, -0.05) is 36.4 Å². The molecule has 0 saturated heterocycles. The summed E-state index contributed by atoms with van der Waals surface area (Å²) in [5.41, 5.74) is 2.16. The van der Waals surface area contributed by atoms with Crippen molar-refractivity contribution in [1.29, 1.82) is 0 Å². The minimum Gasteiger partial charge on any atom is -0.365 e. The molecule has 3 aromatic rings. The second kappa shape index (κ2) is 6.93. The number of para-hydroxylation sites is 1. The SMILES string of the molecule is CC(C)Nc1nc(NCc2ccc(P)cc2)c2ccccc2n1. The fourth-order valence-electron chi connectivity index (χ4n) is 2.36. The molecule has 0 aliphatic rings. The molecule has 23 heavy (non-hydrogen) atoms. The highest BCUT2D eigenvalue weighted by Gasteiger charge is 2.08. The van der Waals surface area contributed by atoms with Gasteiger partial charge in [-0.25, -0.2) is 4.98 Å². The van der Waals surface area contributed by atoms with Crippen molar-refractivity contribution in [2.24, 2.45) is 0 Å². The van der Waals surface area contributed by atoms with Crippen LogP contribution in [0.25, 0.3) is 10.9 Å². The summed E-state index contributed by atoms with van der Waals surface area (Å²) < 4.78 is 0. The van der Waals surface area contributed by atoms with Gasteiger partial charge in [-0.3, -0.25) is 0 Å². The molecule has 0 aliphatic heterocycles. The topological polar surface area (TPSA) is 49.8 Å². The molecule has 0 spiro atoms. The first kappa shape index (κ1) is 15.7. The molecular weight excluding hydrogens is 303 g/mol. The van der Waals surface area contributed by atoms with Gasteiger partial charge in [-0.05, 0) is 36.8 Å². The average Bonchev–Trinajstić information content (AvgIpc) is 2.53. The maximum absolute atomic E-state index is 4.64. The molecule has 1 heterocycles. The van der Waals surface area contributed by atoms with E-state index in [1.807, 2.05) is 24.3 Å². The van der Waals surface area contributed by atoms with E-state index in [0.717, 1.165) is 23.3 Å². The number of aromatic nitrogens is 2. The third kappa shape index (κ3) is 3.96. The zero-order valence-electron chi connectivity index (χ0n) is 13.4. The number of nitrogens with one attached hydrogen (secondary N) is 2. The quantitative estimate of drug-likeness (QED) is 0.705. The average molecular weight is 324 g/mol. The molecule has 4 nitrogen and oxygen atoms in total. The lowest BCUT2D eigenvalue weighted by atomic mass is 10.2. The van der Waals surface area contributed by atoms with Crippen LogP contribution in [0.3, 0.4) is 0 Å². The van der Waals surface area contributed by atoms with Crippen LogP contribution < -0.4 is 15.9 Å². The van der Waals surface area contributed by atoms with Gasteiger partial charge in [0.2, 0.25) is 5.95 Å². The van der Waals surface area contributed by atoms with Crippen LogP contribution in [0.15, 0.2) is 48.5 Å². The standard InChI is InChI=1S/C18H21N4P/c1-12(2)20-18-21-16-6-4-3-5-15(16)17(22-18)19-11-13-7-9-14(23)10-8-13/h3-10,12H,11,23H2,1-2H3,(H2,19,20,21,22). The van der Waals surface area contributed by atoms with Gasteiger partial charge in [0.1, 0.15) is 5.82 Å². The Bertz CT molecular complexity index is 800. The molecule has 2 aromatic carbocycles. The van der Waals surface area contributed by atoms with E-state index in [-0.39, 0.29) is 0 Å². The van der Waals surface area contributed by atoms with Crippen LogP contribution in [0.4, 0.5) is 11.8 Å². The Balaban J connectivity index is 1.89. The van der Waals surface area contributed by atoms with Crippen LogP contribution in [-0.4, -0.2) is 16.0 Å². The summed E-state index contributed by atoms with van der Waals surface area (Å²) in [6.45, 7) is 4.89. The molecule has 118 valence electrons. The maximum Gasteiger partial charge on any atom is 0.225 e. The van der Waals surface area contributed by atoms with Crippen molar-refractivity contribution in [3.05, 3.63) is 54.1 Å². The van der Waals surface area contributed by atoms with E-state index in [1.54, 1.807) is 0 Å². The largest absolute Gasteiger partial charge is 0.365 e. The molecule has 1 atom stereocenters. The number of anilines is 2. The zero-order valence-corrected chi connectivity index (χ0v) is 14.5. The van der Waals surface area contributed by atoms with Gasteiger partial charge in [0.15, 0.2) is 0 Å². The van der Waals surface area contributed by atoms with Crippen molar-refractivity contribution >= 4 is 37.2 Å². The number of fused-ring (bicyclic) bond motifs is 1. The van der Waals surface area contributed by atoms with Crippen LogP contribution in [0.1, 0.15) is 19.4 Å². The number of nitrogens with zero attached hydrogens (tertiary/aromatic N) is 2. The van der Waals surface area contributed by atoms with Crippen LogP contribution in [0.5, 0.6) is 0 Å². The molecule has 2 N–H and O–H groups in total. The zero-order chi connectivity index (χ0) is 16.2. The Kier molecular flexibility index (Phi) is 4.73. The summed E-state index contributed by atoms with van der Waals surface area (Å²) in [4.78, 5) is 9.21. The Morgan fingerprint density at radius 2 is 1.74 bits per heavy atom. The van der Waals surface area contributed by atoms with Gasteiger partial charge in [-0.2, -0.15) is 4.98 Å². The molecule has 0 aliphatic carbocycles. The van der Waals surface area contributed by atoms with Crippen molar-refractivity contribution in [1.82, 2.24) is 9.97 Å². The third-order valence-electron chi connectivity index (χ3n) is 3.46. The van der Waals surface area contributed by atoms with Gasteiger partial charge in [0.25, 0.3) is 0 Å². The van der Waals surface area contributed by atoms with Gasteiger partial charge < -0.3 is 10.6 Å². The Morgan fingerprint density at radius 3 is 2.48 bits per heavy atom. The van der Waals surface area contributed by atoms with Crippen LogP contribution >= 0.6 is 9.24 Å². The van der Waals surface area contributed by atoms with E-state index < -0.39 is 0 Å². The molecule has 1 aromatic heterocycles. The summed E-state index contributed by atoms with van der Waals surface area (Å²) in [6.07, 6.45) is 0. The fraction of sp³-hybridized carbons (Fsp3) is 0.222. The molecule has 5 heteroatoms. The number of hydrogen-bond donors (Lipinski definition) is 2. The maximum atomic E-state index is 4.64. The molecule has 0 amide bonds. The van der Waals surface area contributed by atoms with Crippen molar-refractivity contribution in [3.8, 4) is 0 Å². The lowest BCUT2D eigenvalue weighted by molar-refractivity contribution is 0.877. The first-order chi connectivity index (χ1) is 11.1. The first-order valence-electron chi connectivity index (χ1n) is 7.73. The van der Waals surface area contributed by atoms with E-state index in [1.165, 1.54) is 10.9 Å². The molecular formula is C18H21N4P. The van der Waals surface area contributed by atoms with Gasteiger partial charge >= 0.3 is 0 Å². The summed E-state index contributed by atoms with van der Waals surface area (Å²) in [5, 5.41) is 8.93. The van der Waals surface area contributed by atoms with E-state index in [9.17, 15) is 0 Å². The number of rotatable bonds is 5. The Morgan fingerprint density at radius 1 is 1.00 bits per heavy atom. The monoisotopic (exact) mass is 324 g/mol. The normalized spacial score (nSPS) is 11.0. The van der Waals surface area contributed by atoms with E-state index in [0.29, 0.717) is 12.0 Å². The highest BCUT2D eigenvalue weighted by atomic mass is 31.0. The molecule has 0 radical (unpaired) electrons. The second-order valence-electron chi connectivity index (χ2n) is 5.81. The van der Waals surface area contributed by atoms with E-state index in [4.69, 9.17) is 0 Å². The minimum absolute atomic E-state index is 0.290. The molecule has 0 fully saturated rings. The van der Waals surface area contributed by atoms with Gasteiger partial charge in [-0.15, -0.1) is 9.24 Å². The number of hydrogen-bond acceptors (Lipinski definition) is 4. The van der Waals surface area contributed by atoms with Crippen molar-refractivity contribution in [2.45, 2.75) is 26.4 Å². The Hall–Kier alpha value is -2.19. The first-order valence-corrected chi connectivity index (χ1v) is 8.31. The van der Waals surface area contributed by atoms with Crippen molar-refractivity contribution < 1.29 is 0 Å². The summed E-state index contributed by atoms with van der Waals surface area (Å²) in [7, 11) is 2.70. The van der Waals surface area contributed by atoms with Crippen LogP contribution in [0.2, 0.25) is 0 Å². The number of benzene rings is 2. The predicted octanol–water partition coefficient (Wildman–Crippen LogP) is 3.56. The minimum atomic E-state index is 0.290. The lowest BCUT2D eigenvalue weighted by Crippen LogP contribution is -2.14. The summed E-state index contributed by atoms with van der Waals surface area (Å²) in [6, 6.07) is 16.8. The van der Waals surface area contributed by atoms with Crippen molar-refractivity contribution in [2.75, 3.05) is 10.6 Å². The van der Waals surface area contributed by atoms with Crippen molar-refractivity contribution in [3.63, 3.8) is 0 Å². The predicted molar refractivity (Wildman–Crippen MR) is 101 cm³/mol. The van der Waals surface area contributed by atoms with Gasteiger partial charge in [0, 0.05) is 18.0 Å². The van der Waals surface area contributed by atoms with Crippen LogP contribution in [0, 0.1) is 0 Å². The molecule has 1 unspecified atom stereocenters. The van der Waals surface area contributed by atoms with Gasteiger partial charge in [0.05, 0.1) is 5.52 Å². The smallest absolute Gasteiger partial charge is 0.225 e. The highest BCUT2D eigenvalue weighted by Crippen LogP contribution is 2.22. The highest BCUT2D eigenvalue weighted by molar-refractivity contribution is 7.27. The molecule has 0 bridgehead atoms. The van der Waals surface area contributed by atoms with E-state index >= 15 is 0 Å². The molecule has 3 rings (SSSR count). The summed E-state index contributed by atoms with van der Waals surface area (Å²) >= 11 is 0. The summed E-state index contributed by atoms with van der Waals surface area (Å²) in [5.74, 6) is 1.51. The third-order valence-corrected chi connectivity index (χ3v) is 3.85. The lowest BCUT2D eigenvalue weighted by Gasteiger charge is -2.13. The molecule has 0 saturated carbocycles.